The van der Waals surface area contributed by atoms with Crippen LogP contribution in [-0.2, 0) is 18.7 Å². The van der Waals surface area contributed by atoms with Crippen LogP contribution in [-0.4, -0.2) is 29.7 Å². The predicted octanol–water partition coefficient (Wildman–Crippen LogP) is 4.67. The summed E-state index contributed by atoms with van der Waals surface area (Å²) in [5.41, 5.74) is 1.23. The summed E-state index contributed by atoms with van der Waals surface area (Å²) in [7, 11) is -4.85. The van der Waals surface area contributed by atoms with Gasteiger partial charge in [0.1, 0.15) is 0 Å². The molecule has 3 atom stereocenters. The lowest BCUT2D eigenvalue weighted by Crippen LogP contribution is -2.32. The Hall–Kier alpha value is -0.693. The molecule has 1 aliphatic carbocycles. The average Bonchev–Trinajstić information content (AvgIpc) is 2.93. The Labute approximate surface area is 161 Å². The van der Waals surface area contributed by atoms with Crippen molar-refractivity contribution in [2.45, 2.75) is 83.6 Å². The molecule has 1 aliphatic rings. The Morgan fingerprint density at radius 2 is 1.77 bits per heavy atom. The van der Waals surface area contributed by atoms with E-state index in [9.17, 15) is 8.42 Å². The van der Waals surface area contributed by atoms with Crippen LogP contribution in [0.25, 0.3) is 0 Å². The Kier molecular flexibility index (Phi) is 7.10. The minimum absolute atomic E-state index is 0.195. The Balaban J connectivity index is 2.02. The van der Waals surface area contributed by atoms with E-state index >= 15 is 0 Å². The van der Waals surface area contributed by atoms with Gasteiger partial charge in [0.15, 0.2) is 9.04 Å². The molecule has 6 heteroatoms. The third-order valence-corrected chi connectivity index (χ3v) is 7.05. The first-order valence-corrected chi connectivity index (χ1v) is 13.8. The molecule has 1 saturated carbocycles. The highest BCUT2D eigenvalue weighted by Crippen LogP contribution is 2.38. The van der Waals surface area contributed by atoms with E-state index < -0.39 is 19.2 Å². The quantitative estimate of drug-likeness (QED) is 0.494. The van der Waals surface area contributed by atoms with Crippen molar-refractivity contribution in [1.82, 2.24) is 0 Å². The van der Waals surface area contributed by atoms with Crippen LogP contribution in [0.2, 0.25) is 13.1 Å². The fourth-order valence-electron chi connectivity index (χ4n) is 3.62. The van der Waals surface area contributed by atoms with E-state index in [0.29, 0.717) is 5.92 Å². The zero-order valence-corrected chi connectivity index (χ0v) is 19.0. The Morgan fingerprint density at radius 1 is 1.15 bits per heavy atom. The summed E-state index contributed by atoms with van der Waals surface area (Å²) in [6.45, 7) is 13.0. The molecule has 1 aromatic rings. The molecule has 0 amide bonds. The lowest BCUT2D eigenvalue weighted by atomic mass is 9.84. The lowest BCUT2D eigenvalue weighted by molar-refractivity contribution is 0.0838. The number of benzene rings is 1. The lowest BCUT2D eigenvalue weighted by Gasteiger charge is -2.32. The van der Waals surface area contributed by atoms with Crippen LogP contribution < -0.4 is 0 Å². The van der Waals surface area contributed by atoms with E-state index in [1.54, 1.807) is 24.3 Å². The second-order valence-electron chi connectivity index (χ2n) is 9.05. The molecule has 4 nitrogen and oxygen atoms in total. The highest BCUT2D eigenvalue weighted by molar-refractivity contribution is 7.86. The van der Waals surface area contributed by atoms with Crippen molar-refractivity contribution >= 4 is 19.2 Å². The molecular weight excluding hydrogens is 364 g/mol. The van der Waals surface area contributed by atoms with Crippen LogP contribution >= 0.6 is 0 Å². The molecule has 0 N–H and O–H groups in total. The summed E-state index contributed by atoms with van der Waals surface area (Å²) >= 11 is 0. The first-order valence-electron chi connectivity index (χ1n) is 9.62. The van der Waals surface area contributed by atoms with E-state index in [1.165, 1.54) is 0 Å². The van der Waals surface area contributed by atoms with Gasteiger partial charge in [-0.2, -0.15) is 8.42 Å². The van der Waals surface area contributed by atoms with Crippen molar-refractivity contribution in [2.24, 2.45) is 11.3 Å². The summed E-state index contributed by atoms with van der Waals surface area (Å²) in [5.74, 6) is 0.377. The van der Waals surface area contributed by atoms with Crippen LogP contribution in [0.1, 0.15) is 52.0 Å². The fraction of sp³-hybridized carbons (Fsp3) is 0.700. The number of rotatable bonds is 7. The Bertz CT molecular complexity index is 677. The number of aryl methyl sites for hydroxylation is 1. The molecule has 0 heterocycles. The molecule has 0 aliphatic heterocycles. The van der Waals surface area contributed by atoms with Crippen molar-refractivity contribution in [3.8, 4) is 0 Å². The maximum atomic E-state index is 12.5. The van der Waals surface area contributed by atoms with Crippen LogP contribution in [0.4, 0.5) is 0 Å². The van der Waals surface area contributed by atoms with Gasteiger partial charge in [-0.25, -0.2) is 0 Å². The van der Waals surface area contributed by atoms with Crippen LogP contribution in [0.15, 0.2) is 29.2 Å². The van der Waals surface area contributed by atoms with Gasteiger partial charge in [0.05, 0.1) is 11.0 Å². The van der Waals surface area contributed by atoms with Crippen molar-refractivity contribution in [3.05, 3.63) is 29.8 Å². The SMILES string of the molecule is Cc1ccc(S(=O)(=O)OC2CCC(C(CC(C)(C)C)O[SiH](C)C)C2)cc1. The zero-order valence-electron chi connectivity index (χ0n) is 17.0. The third kappa shape index (κ3) is 6.48. The van der Waals surface area contributed by atoms with E-state index in [-0.39, 0.29) is 22.5 Å². The van der Waals surface area contributed by atoms with Gasteiger partial charge in [0, 0.05) is 6.10 Å². The molecule has 1 fully saturated rings. The normalized spacial score (nSPS) is 22.7. The molecule has 3 unspecified atom stereocenters. The van der Waals surface area contributed by atoms with Gasteiger partial charge < -0.3 is 4.43 Å². The molecule has 26 heavy (non-hydrogen) atoms. The molecule has 0 radical (unpaired) electrons. The molecule has 0 bridgehead atoms. The maximum Gasteiger partial charge on any atom is 0.297 e. The molecule has 1 aromatic carbocycles. The zero-order chi connectivity index (χ0) is 19.5. The molecule has 2 rings (SSSR count). The van der Waals surface area contributed by atoms with Gasteiger partial charge in [-0.3, -0.25) is 4.18 Å². The largest absolute Gasteiger partial charge is 0.417 e. The maximum absolute atomic E-state index is 12.5. The summed E-state index contributed by atoms with van der Waals surface area (Å²) in [4.78, 5) is 0.239. The molecule has 148 valence electrons. The van der Waals surface area contributed by atoms with Crippen LogP contribution in [0.3, 0.4) is 0 Å². The van der Waals surface area contributed by atoms with Gasteiger partial charge >= 0.3 is 0 Å². The number of hydrogen-bond donors (Lipinski definition) is 0. The molecular formula is C20H34O4SSi. The molecule has 0 aromatic heterocycles. The standard InChI is InChI=1S/C20H34O4SSi/c1-15-7-11-18(12-8-15)25(21,22)23-17-10-9-16(13-17)19(24-26(5)6)14-20(2,3)4/h7-8,11-12,16-17,19,26H,9-10,13-14H2,1-6H3. The minimum Gasteiger partial charge on any atom is -0.417 e. The molecule has 0 spiro atoms. The van der Waals surface area contributed by atoms with Gasteiger partial charge in [-0.15, -0.1) is 0 Å². The van der Waals surface area contributed by atoms with Gasteiger partial charge in [-0.1, -0.05) is 38.5 Å². The Morgan fingerprint density at radius 3 is 2.31 bits per heavy atom. The highest BCUT2D eigenvalue weighted by atomic mass is 32.2. The van der Waals surface area contributed by atoms with Crippen molar-refractivity contribution in [2.75, 3.05) is 0 Å². The molecule has 0 saturated heterocycles. The van der Waals surface area contributed by atoms with Gasteiger partial charge in [0.2, 0.25) is 0 Å². The van der Waals surface area contributed by atoms with E-state index in [0.717, 1.165) is 31.2 Å². The van der Waals surface area contributed by atoms with E-state index in [1.807, 2.05) is 6.92 Å². The smallest absolute Gasteiger partial charge is 0.297 e. The average molecular weight is 399 g/mol. The number of hydrogen-bond acceptors (Lipinski definition) is 4. The van der Waals surface area contributed by atoms with Gasteiger partial charge in [-0.05, 0) is 69.2 Å². The van der Waals surface area contributed by atoms with E-state index in [2.05, 4.69) is 33.9 Å². The summed E-state index contributed by atoms with van der Waals surface area (Å²) in [6.07, 6.45) is 3.46. The van der Waals surface area contributed by atoms with Crippen molar-refractivity contribution in [3.63, 3.8) is 0 Å². The summed E-state index contributed by atoms with van der Waals surface area (Å²) < 4.78 is 37.0. The van der Waals surface area contributed by atoms with E-state index in [4.69, 9.17) is 8.61 Å². The second kappa shape index (κ2) is 8.55. The van der Waals surface area contributed by atoms with Gasteiger partial charge in [0.25, 0.3) is 10.1 Å². The van der Waals surface area contributed by atoms with Crippen LogP contribution in [0.5, 0.6) is 0 Å². The summed E-state index contributed by atoms with van der Waals surface area (Å²) in [6, 6.07) is 6.84. The van der Waals surface area contributed by atoms with Crippen molar-refractivity contribution < 1.29 is 17.0 Å². The topological polar surface area (TPSA) is 52.6 Å². The summed E-state index contributed by atoms with van der Waals surface area (Å²) in [5, 5.41) is 0. The highest BCUT2D eigenvalue weighted by Gasteiger charge is 2.36. The first kappa shape index (κ1) is 21.6. The second-order valence-corrected chi connectivity index (χ2v) is 13.0. The van der Waals surface area contributed by atoms with Crippen molar-refractivity contribution in [1.29, 1.82) is 0 Å². The predicted molar refractivity (Wildman–Crippen MR) is 108 cm³/mol. The monoisotopic (exact) mass is 398 g/mol. The minimum atomic E-state index is -3.70. The fourth-order valence-corrected chi connectivity index (χ4v) is 5.75. The third-order valence-electron chi connectivity index (χ3n) is 4.78. The van der Waals surface area contributed by atoms with Crippen LogP contribution in [0, 0.1) is 18.3 Å². The first-order chi connectivity index (χ1) is 12.0.